The molecule has 3 heterocycles. The maximum atomic E-state index is 12.8. The Balaban J connectivity index is 2.00. The fraction of sp³-hybridized carbons (Fsp3) is 0.583. The molecule has 19 heavy (non-hydrogen) atoms. The molecule has 3 rings (SSSR count). The Hall–Kier alpha value is -0.500. The number of sulfonamides is 1. The van der Waals surface area contributed by atoms with E-state index in [-0.39, 0.29) is 17.0 Å². The van der Waals surface area contributed by atoms with Gasteiger partial charge in [0.25, 0.3) is 0 Å². The number of fused-ring (bicyclic) bond motifs is 1. The van der Waals surface area contributed by atoms with Gasteiger partial charge in [0.2, 0.25) is 10.0 Å². The van der Waals surface area contributed by atoms with Crippen molar-refractivity contribution in [2.45, 2.75) is 30.3 Å². The molecule has 3 unspecified atom stereocenters. The Labute approximate surface area is 121 Å². The number of hydrogen-bond acceptors (Lipinski definition) is 4. The highest BCUT2D eigenvalue weighted by Crippen LogP contribution is 2.36. The molecule has 1 aromatic heterocycles. The summed E-state index contributed by atoms with van der Waals surface area (Å²) in [5.41, 5.74) is 0. The maximum absolute atomic E-state index is 12.8. The third-order valence-electron chi connectivity index (χ3n) is 3.96. The van der Waals surface area contributed by atoms with Crippen molar-refractivity contribution >= 4 is 26.0 Å². The first-order valence-corrected chi connectivity index (χ1v) is 8.58. The molecule has 0 saturated carbocycles. The molecule has 2 aliphatic heterocycles. The first-order valence-electron chi connectivity index (χ1n) is 6.35. The molecule has 0 amide bonds. The van der Waals surface area contributed by atoms with Crippen LogP contribution in [0.2, 0.25) is 0 Å². The number of halogens is 1. The molecule has 0 radical (unpaired) electrons. The zero-order chi connectivity index (χ0) is 13.6. The van der Waals surface area contributed by atoms with Gasteiger partial charge in [-0.2, -0.15) is 4.31 Å². The zero-order valence-electron chi connectivity index (χ0n) is 10.6. The first kappa shape index (κ1) is 13.5. The van der Waals surface area contributed by atoms with Gasteiger partial charge in [-0.15, -0.1) is 0 Å². The molecule has 3 atom stereocenters. The normalized spacial score (nSPS) is 31.6. The van der Waals surface area contributed by atoms with Crippen molar-refractivity contribution in [2.75, 3.05) is 13.1 Å². The lowest BCUT2D eigenvalue weighted by Crippen LogP contribution is -2.42. The summed E-state index contributed by atoms with van der Waals surface area (Å²) >= 11 is 3.28. The molecule has 5 nitrogen and oxygen atoms in total. The third kappa shape index (κ3) is 2.22. The van der Waals surface area contributed by atoms with Crippen LogP contribution < -0.4 is 5.32 Å². The summed E-state index contributed by atoms with van der Waals surface area (Å²) in [5.74, 6) is 0.435. The quantitative estimate of drug-likeness (QED) is 0.875. The molecule has 2 fully saturated rings. The van der Waals surface area contributed by atoms with E-state index >= 15 is 0 Å². The predicted molar refractivity (Wildman–Crippen MR) is 75.2 cm³/mol. The topological polar surface area (TPSA) is 62.3 Å². The van der Waals surface area contributed by atoms with Gasteiger partial charge in [0, 0.05) is 35.5 Å². The summed E-state index contributed by atoms with van der Waals surface area (Å²) in [6, 6.07) is 1.75. The van der Waals surface area contributed by atoms with Gasteiger partial charge < -0.3 is 5.32 Å². The Bertz CT molecular complexity index is 592. The molecule has 7 heteroatoms. The standard InChI is InChI=1S/C12H16BrN3O2S/c1-8-2-9-4-14-7-12(9)16(8)19(17,18)11-3-10(13)5-15-6-11/h3,5-6,8-9,12,14H,2,4,7H2,1H3. The van der Waals surface area contributed by atoms with Gasteiger partial charge in [0.1, 0.15) is 4.90 Å². The summed E-state index contributed by atoms with van der Waals surface area (Å²) in [7, 11) is -3.46. The monoisotopic (exact) mass is 345 g/mol. The first-order chi connectivity index (χ1) is 9.00. The Kier molecular flexibility index (Phi) is 3.41. The number of hydrogen-bond donors (Lipinski definition) is 1. The highest BCUT2D eigenvalue weighted by atomic mass is 79.9. The molecule has 104 valence electrons. The Morgan fingerprint density at radius 2 is 2.21 bits per heavy atom. The van der Waals surface area contributed by atoms with Crippen LogP contribution in [-0.2, 0) is 10.0 Å². The SMILES string of the molecule is CC1CC2CNCC2N1S(=O)(=O)c1cncc(Br)c1. The van der Waals surface area contributed by atoms with Crippen LogP contribution in [0.4, 0.5) is 0 Å². The van der Waals surface area contributed by atoms with E-state index in [1.165, 1.54) is 6.20 Å². The molecule has 0 aromatic carbocycles. The van der Waals surface area contributed by atoms with Crippen LogP contribution in [0.5, 0.6) is 0 Å². The number of nitrogens with zero attached hydrogens (tertiary/aromatic N) is 2. The van der Waals surface area contributed by atoms with E-state index in [1.807, 2.05) is 6.92 Å². The van der Waals surface area contributed by atoms with Crippen LogP contribution in [0.25, 0.3) is 0 Å². The smallest absolute Gasteiger partial charge is 0.245 e. The van der Waals surface area contributed by atoms with Gasteiger partial charge in [-0.25, -0.2) is 8.42 Å². The summed E-state index contributed by atoms with van der Waals surface area (Å²) < 4.78 is 27.9. The van der Waals surface area contributed by atoms with Gasteiger partial charge in [0.05, 0.1) is 0 Å². The van der Waals surface area contributed by atoms with Crippen LogP contribution in [0.15, 0.2) is 27.8 Å². The lowest BCUT2D eigenvalue weighted by molar-refractivity contribution is 0.335. The largest absolute Gasteiger partial charge is 0.315 e. The average molecular weight is 346 g/mol. The Morgan fingerprint density at radius 3 is 2.95 bits per heavy atom. The summed E-state index contributed by atoms with van der Waals surface area (Å²) in [6.45, 7) is 3.65. The lowest BCUT2D eigenvalue weighted by atomic mass is 10.0. The van der Waals surface area contributed by atoms with Crippen molar-refractivity contribution in [2.24, 2.45) is 5.92 Å². The van der Waals surface area contributed by atoms with Crippen molar-refractivity contribution in [1.29, 1.82) is 0 Å². The molecular formula is C12H16BrN3O2S. The number of pyridine rings is 1. The molecule has 0 aliphatic carbocycles. The van der Waals surface area contributed by atoms with E-state index in [0.29, 0.717) is 10.4 Å². The fourth-order valence-electron chi connectivity index (χ4n) is 3.20. The summed E-state index contributed by atoms with van der Waals surface area (Å²) in [4.78, 5) is 4.23. The van der Waals surface area contributed by atoms with Crippen LogP contribution in [-0.4, -0.2) is 42.9 Å². The highest BCUT2D eigenvalue weighted by Gasteiger charge is 2.47. The number of nitrogens with one attached hydrogen (secondary N) is 1. The fourth-order valence-corrected chi connectivity index (χ4v) is 5.59. The van der Waals surface area contributed by atoms with Gasteiger partial charge in [0.15, 0.2) is 0 Å². The van der Waals surface area contributed by atoms with E-state index in [0.717, 1.165) is 19.5 Å². The van der Waals surface area contributed by atoms with E-state index in [1.54, 1.807) is 16.6 Å². The summed E-state index contributed by atoms with van der Waals surface area (Å²) in [5, 5.41) is 3.28. The van der Waals surface area contributed by atoms with Crippen LogP contribution >= 0.6 is 15.9 Å². The second kappa shape index (κ2) is 4.80. The maximum Gasteiger partial charge on any atom is 0.245 e. The molecule has 1 aromatic rings. The van der Waals surface area contributed by atoms with Crippen molar-refractivity contribution in [3.8, 4) is 0 Å². The van der Waals surface area contributed by atoms with Gasteiger partial charge in [-0.05, 0) is 47.8 Å². The van der Waals surface area contributed by atoms with Gasteiger partial charge in [-0.3, -0.25) is 4.98 Å². The number of rotatable bonds is 2. The predicted octanol–water partition coefficient (Wildman–Crippen LogP) is 1.22. The zero-order valence-corrected chi connectivity index (χ0v) is 13.0. The van der Waals surface area contributed by atoms with Crippen molar-refractivity contribution in [3.63, 3.8) is 0 Å². The van der Waals surface area contributed by atoms with Gasteiger partial charge in [-0.1, -0.05) is 0 Å². The highest BCUT2D eigenvalue weighted by molar-refractivity contribution is 9.10. The molecular weight excluding hydrogens is 330 g/mol. The third-order valence-corrected chi connectivity index (χ3v) is 6.40. The molecule has 0 bridgehead atoms. The van der Waals surface area contributed by atoms with Crippen LogP contribution in [0.3, 0.4) is 0 Å². The lowest BCUT2D eigenvalue weighted by Gasteiger charge is -2.26. The van der Waals surface area contributed by atoms with Crippen molar-refractivity contribution < 1.29 is 8.42 Å². The molecule has 2 saturated heterocycles. The second-order valence-corrected chi connectivity index (χ2v) is 8.00. The van der Waals surface area contributed by atoms with E-state index < -0.39 is 10.0 Å². The second-order valence-electron chi connectivity index (χ2n) is 5.24. The van der Waals surface area contributed by atoms with Crippen molar-refractivity contribution in [1.82, 2.24) is 14.6 Å². The minimum atomic E-state index is -3.46. The van der Waals surface area contributed by atoms with Crippen LogP contribution in [0.1, 0.15) is 13.3 Å². The van der Waals surface area contributed by atoms with E-state index in [4.69, 9.17) is 0 Å². The summed E-state index contributed by atoms with van der Waals surface area (Å²) in [6.07, 6.45) is 3.94. The molecule has 1 N–H and O–H groups in total. The van der Waals surface area contributed by atoms with Crippen molar-refractivity contribution in [3.05, 3.63) is 22.9 Å². The minimum Gasteiger partial charge on any atom is -0.315 e. The molecule has 2 aliphatic rings. The average Bonchev–Trinajstić information content (AvgIpc) is 2.88. The molecule has 0 spiro atoms. The van der Waals surface area contributed by atoms with Crippen LogP contribution in [0, 0.1) is 5.92 Å². The van der Waals surface area contributed by atoms with E-state index in [2.05, 4.69) is 26.2 Å². The minimum absolute atomic E-state index is 0.0566. The van der Waals surface area contributed by atoms with E-state index in [9.17, 15) is 8.42 Å². The number of aromatic nitrogens is 1. The Morgan fingerprint density at radius 1 is 1.42 bits per heavy atom. The van der Waals surface area contributed by atoms with Gasteiger partial charge >= 0.3 is 0 Å².